The fraction of sp³-hybridized carbons (Fsp3) is 0.333. The zero-order valence-electron chi connectivity index (χ0n) is 12.9. The zero-order chi connectivity index (χ0) is 17.2. The van der Waals surface area contributed by atoms with Gasteiger partial charge < -0.3 is 0 Å². The van der Waals surface area contributed by atoms with Crippen molar-refractivity contribution in [3.63, 3.8) is 0 Å². The van der Waals surface area contributed by atoms with Crippen LogP contribution >= 0.6 is 0 Å². The predicted molar refractivity (Wildman–Crippen MR) is 79.1 cm³/mol. The van der Waals surface area contributed by atoms with Gasteiger partial charge in [-0.05, 0) is 24.6 Å². The first-order valence-corrected chi connectivity index (χ1v) is 7.37. The van der Waals surface area contributed by atoms with Gasteiger partial charge in [0.05, 0.1) is 5.56 Å². The number of hydrogen-bond donors (Lipinski definition) is 0. The Labute approximate surface area is 136 Å². The van der Waals surface area contributed by atoms with Gasteiger partial charge >= 0.3 is 6.18 Å². The first-order valence-electron chi connectivity index (χ1n) is 7.37. The molecule has 0 aliphatic carbocycles. The van der Waals surface area contributed by atoms with Crippen LogP contribution in [0, 0.1) is 0 Å². The minimum Gasteiger partial charge on any atom is -0.250 e. The maximum Gasteiger partial charge on any atom is 0.416 e. The molecular weight excluding hydrogens is 321 g/mol. The first kappa shape index (κ1) is 16.2. The van der Waals surface area contributed by atoms with Gasteiger partial charge in [0.1, 0.15) is 25.0 Å². The minimum absolute atomic E-state index is 0.396. The fourth-order valence-corrected chi connectivity index (χ4v) is 2.33. The van der Waals surface area contributed by atoms with Gasteiger partial charge in [-0.3, -0.25) is 0 Å². The Morgan fingerprint density at radius 1 is 1.12 bits per heavy atom. The normalized spacial score (nSPS) is 11.8. The lowest BCUT2D eigenvalue weighted by Gasteiger charge is -2.07. The summed E-state index contributed by atoms with van der Waals surface area (Å²) in [5.41, 5.74) is 0.0903. The molecule has 0 aliphatic rings. The highest BCUT2D eigenvalue weighted by Crippen LogP contribution is 2.29. The van der Waals surface area contributed by atoms with Crippen LogP contribution in [0.15, 0.2) is 36.9 Å². The third-order valence-corrected chi connectivity index (χ3v) is 3.51. The monoisotopic (exact) mass is 336 g/mol. The molecule has 6 nitrogen and oxygen atoms in total. The number of halogens is 3. The summed E-state index contributed by atoms with van der Waals surface area (Å²) < 4.78 is 41.2. The number of hydrogen-bond acceptors (Lipinski definition) is 4. The Balaban J connectivity index is 1.78. The molecule has 2 heterocycles. The lowest BCUT2D eigenvalue weighted by Crippen LogP contribution is -2.06. The van der Waals surface area contributed by atoms with E-state index in [2.05, 4.69) is 20.2 Å². The van der Waals surface area contributed by atoms with Crippen molar-refractivity contribution in [1.82, 2.24) is 29.5 Å². The van der Waals surface area contributed by atoms with Crippen LogP contribution in [-0.4, -0.2) is 29.5 Å². The van der Waals surface area contributed by atoms with Crippen molar-refractivity contribution in [2.45, 2.75) is 32.6 Å². The van der Waals surface area contributed by atoms with E-state index in [1.165, 1.54) is 18.5 Å². The topological polar surface area (TPSA) is 61.4 Å². The molecule has 0 radical (unpaired) electrons. The van der Waals surface area contributed by atoms with Crippen LogP contribution in [0.3, 0.4) is 0 Å². The van der Waals surface area contributed by atoms with Gasteiger partial charge in [0.2, 0.25) is 0 Å². The number of nitrogens with zero attached hydrogens (tertiary/aromatic N) is 6. The SMILES string of the molecule is CCn1nc(Cn2cncn2)nc1Cc1ccc(C(F)(F)F)cc1. The summed E-state index contributed by atoms with van der Waals surface area (Å²) >= 11 is 0. The van der Waals surface area contributed by atoms with E-state index in [1.807, 2.05) is 6.92 Å². The molecule has 0 saturated carbocycles. The van der Waals surface area contributed by atoms with E-state index in [1.54, 1.807) is 15.7 Å². The smallest absolute Gasteiger partial charge is 0.250 e. The molecule has 0 atom stereocenters. The van der Waals surface area contributed by atoms with Crippen LogP contribution in [0.5, 0.6) is 0 Å². The molecule has 3 rings (SSSR count). The van der Waals surface area contributed by atoms with Crippen molar-refractivity contribution in [3.05, 3.63) is 59.7 Å². The highest BCUT2D eigenvalue weighted by Gasteiger charge is 2.29. The van der Waals surface area contributed by atoms with Crippen molar-refractivity contribution in [2.24, 2.45) is 0 Å². The molecule has 0 fully saturated rings. The highest BCUT2D eigenvalue weighted by molar-refractivity contribution is 5.26. The maximum absolute atomic E-state index is 12.6. The van der Waals surface area contributed by atoms with E-state index in [4.69, 9.17) is 0 Å². The average Bonchev–Trinajstić information content (AvgIpc) is 3.17. The first-order chi connectivity index (χ1) is 11.5. The summed E-state index contributed by atoms with van der Waals surface area (Å²) in [4.78, 5) is 8.32. The summed E-state index contributed by atoms with van der Waals surface area (Å²) in [7, 11) is 0. The van der Waals surface area contributed by atoms with Gasteiger partial charge in [0.15, 0.2) is 5.82 Å². The van der Waals surface area contributed by atoms with Crippen LogP contribution < -0.4 is 0 Å². The number of alkyl halides is 3. The standard InChI is InChI=1S/C15H15F3N6/c1-2-24-14(21-13(22-24)8-23-10-19-9-20-23)7-11-3-5-12(6-4-11)15(16,17)18/h3-6,9-10H,2,7-8H2,1H3. The maximum atomic E-state index is 12.6. The summed E-state index contributed by atoms with van der Waals surface area (Å²) in [6.45, 7) is 2.96. The molecule has 2 aromatic heterocycles. The van der Waals surface area contributed by atoms with Gasteiger partial charge in [0, 0.05) is 13.0 Å². The van der Waals surface area contributed by atoms with Crippen LogP contribution in [0.25, 0.3) is 0 Å². The van der Waals surface area contributed by atoms with E-state index in [-0.39, 0.29) is 0 Å². The lowest BCUT2D eigenvalue weighted by atomic mass is 10.1. The Morgan fingerprint density at radius 2 is 1.88 bits per heavy atom. The van der Waals surface area contributed by atoms with Gasteiger partial charge in [0.25, 0.3) is 0 Å². The summed E-state index contributed by atoms with van der Waals surface area (Å²) in [6, 6.07) is 5.10. The molecule has 0 saturated heterocycles. The van der Waals surface area contributed by atoms with Crippen molar-refractivity contribution in [3.8, 4) is 0 Å². The Bertz CT molecular complexity index is 790. The molecule has 9 heteroatoms. The summed E-state index contributed by atoms with van der Waals surface area (Å²) in [6.07, 6.45) is -0.911. The number of aryl methyl sites for hydroxylation is 1. The van der Waals surface area contributed by atoms with Crippen LogP contribution in [-0.2, 0) is 25.7 Å². The molecule has 0 aliphatic heterocycles. The second kappa shape index (κ2) is 6.42. The third-order valence-electron chi connectivity index (χ3n) is 3.51. The molecule has 1 aromatic carbocycles. The van der Waals surface area contributed by atoms with Crippen molar-refractivity contribution in [2.75, 3.05) is 0 Å². The lowest BCUT2D eigenvalue weighted by molar-refractivity contribution is -0.137. The number of benzene rings is 1. The molecule has 126 valence electrons. The largest absolute Gasteiger partial charge is 0.416 e. The molecule has 3 aromatic rings. The molecule has 24 heavy (non-hydrogen) atoms. The van der Waals surface area contributed by atoms with E-state index in [0.717, 1.165) is 17.7 Å². The molecule has 0 bridgehead atoms. The van der Waals surface area contributed by atoms with Gasteiger partial charge in [-0.15, -0.1) is 0 Å². The van der Waals surface area contributed by atoms with Crippen LogP contribution in [0.2, 0.25) is 0 Å². The van der Waals surface area contributed by atoms with Gasteiger partial charge in [-0.1, -0.05) is 12.1 Å². The molecular formula is C15H15F3N6. The highest BCUT2D eigenvalue weighted by atomic mass is 19.4. The van der Waals surface area contributed by atoms with E-state index < -0.39 is 11.7 Å². The van der Waals surface area contributed by atoms with Gasteiger partial charge in [-0.25, -0.2) is 19.3 Å². The van der Waals surface area contributed by atoms with Crippen molar-refractivity contribution < 1.29 is 13.2 Å². The Hall–Kier alpha value is -2.71. The second-order valence-electron chi connectivity index (χ2n) is 5.22. The predicted octanol–water partition coefficient (Wildman–Crippen LogP) is 2.55. The van der Waals surface area contributed by atoms with E-state index in [0.29, 0.717) is 31.2 Å². The van der Waals surface area contributed by atoms with Crippen LogP contribution in [0.1, 0.15) is 29.7 Å². The number of rotatable bonds is 5. The molecule has 0 N–H and O–H groups in total. The molecule has 0 spiro atoms. The van der Waals surface area contributed by atoms with Crippen molar-refractivity contribution in [1.29, 1.82) is 0 Å². The average molecular weight is 336 g/mol. The third kappa shape index (κ3) is 3.61. The van der Waals surface area contributed by atoms with E-state index >= 15 is 0 Å². The summed E-state index contributed by atoms with van der Waals surface area (Å²) in [5, 5.41) is 8.40. The fourth-order valence-electron chi connectivity index (χ4n) is 2.33. The Morgan fingerprint density at radius 3 is 2.46 bits per heavy atom. The quantitative estimate of drug-likeness (QED) is 0.718. The minimum atomic E-state index is -4.33. The zero-order valence-corrected chi connectivity index (χ0v) is 12.9. The van der Waals surface area contributed by atoms with Gasteiger partial charge in [-0.2, -0.15) is 23.4 Å². The second-order valence-corrected chi connectivity index (χ2v) is 5.22. The van der Waals surface area contributed by atoms with Crippen LogP contribution in [0.4, 0.5) is 13.2 Å². The number of aromatic nitrogens is 6. The van der Waals surface area contributed by atoms with E-state index in [9.17, 15) is 13.2 Å². The molecule has 0 unspecified atom stereocenters. The summed E-state index contributed by atoms with van der Waals surface area (Å²) in [5.74, 6) is 1.29. The Kier molecular flexibility index (Phi) is 4.32. The van der Waals surface area contributed by atoms with Crippen molar-refractivity contribution >= 4 is 0 Å². The molecule has 0 amide bonds.